The first-order valence-electron chi connectivity index (χ1n) is 12.6. The highest BCUT2D eigenvalue weighted by molar-refractivity contribution is 5.78. The van der Waals surface area contributed by atoms with Gasteiger partial charge in [-0.25, -0.2) is 4.98 Å². The number of fused-ring (bicyclic) bond motifs is 1. The fraction of sp³-hybridized carbons (Fsp3) is 0.615. The average Bonchev–Trinajstić information content (AvgIpc) is 3.57. The largest absolute Gasteiger partial charge is 0.358 e. The molecule has 1 amide bonds. The van der Waals surface area contributed by atoms with Crippen molar-refractivity contribution in [1.29, 1.82) is 0 Å². The summed E-state index contributed by atoms with van der Waals surface area (Å²) >= 11 is 0. The topological polar surface area (TPSA) is 105 Å². The Bertz CT molecular complexity index is 1040. The molecule has 0 saturated carbocycles. The van der Waals surface area contributed by atoms with Crippen molar-refractivity contribution in [2.45, 2.75) is 89.3 Å². The molecule has 3 saturated heterocycles. The Labute approximate surface area is 211 Å². The van der Waals surface area contributed by atoms with E-state index in [1.54, 1.807) is 12.5 Å². The summed E-state index contributed by atoms with van der Waals surface area (Å²) in [5.41, 5.74) is 1.76. The average molecular weight is 501 g/mol. The molecule has 3 unspecified atom stereocenters. The van der Waals surface area contributed by atoms with Gasteiger partial charge in [0.15, 0.2) is 17.8 Å². The fourth-order valence-corrected chi connectivity index (χ4v) is 5.01. The summed E-state index contributed by atoms with van der Waals surface area (Å²) in [6.45, 7) is 9.48. The van der Waals surface area contributed by atoms with Crippen LogP contribution in [0.2, 0.25) is 0 Å². The first kappa shape index (κ1) is 25.2. The molecule has 2 N–H and O–H groups in total. The number of ether oxygens (including phenoxy) is 5. The maximum atomic E-state index is 12.5. The van der Waals surface area contributed by atoms with Crippen LogP contribution < -0.4 is 10.6 Å². The Morgan fingerprint density at radius 3 is 2.69 bits per heavy atom. The number of amides is 1. The minimum atomic E-state index is -0.718. The highest BCUT2D eigenvalue weighted by Gasteiger charge is 2.59. The summed E-state index contributed by atoms with van der Waals surface area (Å²) in [7, 11) is 0. The normalized spacial score (nSPS) is 30.3. The monoisotopic (exact) mass is 500 g/mol. The SMILES string of the molecule is CC1(C)OCC(C2OC(Nc3cccc(CC(=O)NCCCn4ccnc4)c3)[C@H]3OC(C)(C)O[C@@H]23)O1. The molecular weight excluding hydrogens is 464 g/mol. The highest BCUT2D eigenvalue weighted by atomic mass is 16.8. The van der Waals surface area contributed by atoms with E-state index >= 15 is 0 Å². The number of rotatable bonds is 9. The molecule has 5 rings (SSSR count). The second-order valence-corrected chi connectivity index (χ2v) is 10.5. The Morgan fingerprint density at radius 2 is 1.94 bits per heavy atom. The van der Waals surface area contributed by atoms with Crippen molar-refractivity contribution in [3.8, 4) is 0 Å². The lowest BCUT2D eigenvalue weighted by molar-refractivity contribution is -0.203. The number of carbonyl (C=O) groups excluding carboxylic acids is 1. The molecule has 196 valence electrons. The van der Waals surface area contributed by atoms with Gasteiger partial charge in [0.25, 0.3) is 0 Å². The van der Waals surface area contributed by atoms with Crippen LogP contribution in [0.15, 0.2) is 43.0 Å². The van der Waals surface area contributed by atoms with Crippen LogP contribution in [-0.2, 0) is 41.4 Å². The van der Waals surface area contributed by atoms with E-state index in [0.29, 0.717) is 19.6 Å². The van der Waals surface area contributed by atoms with Crippen LogP contribution >= 0.6 is 0 Å². The van der Waals surface area contributed by atoms with Crippen molar-refractivity contribution in [2.75, 3.05) is 18.5 Å². The fourth-order valence-electron chi connectivity index (χ4n) is 5.01. The molecule has 0 bridgehead atoms. The smallest absolute Gasteiger partial charge is 0.224 e. The van der Waals surface area contributed by atoms with E-state index in [-0.39, 0.29) is 30.3 Å². The lowest BCUT2D eigenvalue weighted by Gasteiger charge is -2.27. The number of carbonyl (C=O) groups is 1. The number of hydrogen-bond donors (Lipinski definition) is 2. The molecule has 36 heavy (non-hydrogen) atoms. The highest BCUT2D eigenvalue weighted by Crippen LogP contribution is 2.42. The van der Waals surface area contributed by atoms with Crippen LogP contribution in [0.25, 0.3) is 0 Å². The summed E-state index contributed by atoms with van der Waals surface area (Å²) in [5, 5.41) is 6.43. The van der Waals surface area contributed by atoms with Crippen molar-refractivity contribution in [3.63, 3.8) is 0 Å². The summed E-state index contributed by atoms with van der Waals surface area (Å²) in [4.78, 5) is 16.5. The Morgan fingerprint density at radius 1 is 1.11 bits per heavy atom. The first-order valence-corrected chi connectivity index (χ1v) is 12.6. The van der Waals surface area contributed by atoms with E-state index in [1.165, 1.54) is 0 Å². The van der Waals surface area contributed by atoms with Crippen LogP contribution in [0, 0.1) is 0 Å². The van der Waals surface area contributed by atoms with Gasteiger partial charge in [0, 0.05) is 31.2 Å². The Hall–Kier alpha value is -2.50. The minimum Gasteiger partial charge on any atom is -0.358 e. The molecule has 2 aromatic rings. The zero-order valence-corrected chi connectivity index (χ0v) is 21.3. The van der Waals surface area contributed by atoms with Crippen molar-refractivity contribution < 1.29 is 28.5 Å². The number of aromatic nitrogens is 2. The summed E-state index contributed by atoms with van der Waals surface area (Å²) < 4.78 is 32.6. The number of anilines is 1. The van der Waals surface area contributed by atoms with Crippen molar-refractivity contribution in [3.05, 3.63) is 48.5 Å². The van der Waals surface area contributed by atoms with Gasteiger partial charge in [0.05, 0.1) is 19.4 Å². The minimum absolute atomic E-state index is 0.00898. The standard InChI is InChI=1S/C26H36N4O6/c1-25(2)32-15-19(34-25)21-22-23(36-26(3,4)35-22)24(33-21)29-18-8-5-7-17(13-18)14-20(31)28-9-6-11-30-12-10-27-16-30/h5,7-8,10,12-13,16,19,21-24,29H,6,9,11,14-15H2,1-4H3,(H,28,31)/t19?,21?,22-,23-,24?/m0/s1. The second kappa shape index (κ2) is 10.1. The number of hydrogen-bond acceptors (Lipinski definition) is 8. The summed E-state index contributed by atoms with van der Waals surface area (Å²) in [6, 6.07) is 7.80. The van der Waals surface area contributed by atoms with E-state index in [0.717, 1.165) is 24.2 Å². The summed E-state index contributed by atoms with van der Waals surface area (Å²) in [5.74, 6) is -1.38. The van der Waals surface area contributed by atoms with Gasteiger partial charge in [-0.3, -0.25) is 4.79 Å². The number of benzene rings is 1. The molecule has 1 aromatic heterocycles. The first-order chi connectivity index (χ1) is 17.2. The predicted molar refractivity (Wildman–Crippen MR) is 131 cm³/mol. The van der Waals surface area contributed by atoms with E-state index < -0.39 is 17.8 Å². The second-order valence-electron chi connectivity index (χ2n) is 10.5. The van der Waals surface area contributed by atoms with Crippen molar-refractivity contribution in [1.82, 2.24) is 14.9 Å². The van der Waals surface area contributed by atoms with E-state index in [1.807, 2.05) is 62.7 Å². The number of nitrogens with one attached hydrogen (secondary N) is 2. The molecule has 10 heteroatoms. The van der Waals surface area contributed by atoms with Crippen LogP contribution in [0.1, 0.15) is 39.7 Å². The maximum absolute atomic E-state index is 12.5. The van der Waals surface area contributed by atoms with Gasteiger partial charge in [-0.05, 0) is 51.8 Å². The zero-order valence-electron chi connectivity index (χ0n) is 21.3. The zero-order chi connectivity index (χ0) is 25.3. The van der Waals surface area contributed by atoms with Gasteiger partial charge in [0.2, 0.25) is 5.91 Å². The van der Waals surface area contributed by atoms with E-state index in [4.69, 9.17) is 23.7 Å². The third kappa shape index (κ3) is 5.90. The van der Waals surface area contributed by atoms with Gasteiger partial charge in [-0.2, -0.15) is 0 Å². The molecule has 0 radical (unpaired) electrons. The number of aryl methyl sites for hydroxylation is 1. The predicted octanol–water partition coefficient (Wildman–Crippen LogP) is 2.44. The van der Waals surface area contributed by atoms with Gasteiger partial charge in [-0.1, -0.05) is 12.1 Å². The van der Waals surface area contributed by atoms with Crippen molar-refractivity contribution >= 4 is 11.6 Å². The van der Waals surface area contributed by atoms with E-state index in [9.17, 15) is 4.79 Å². The van der Waals surface area contributed by atoms with Crippen LogP contribution in [0.3, 0.4) is 0 Å². The maximum Gasteiger partial charge on any atom is 0.224 e. The molecule has 1 aromatic carbocycles. The molecule has 3 aliphatic rings. The molecule has 4 heterocycles. The third-order valence-electron chi connectivity index (χ3n) is 6.56. The molecule has 3 fully saturated rings. The molecule has 0 aliphatic carbocycles. The third-order valence-corrected chi connectivity index (χ3v) is 6.56. The molecule has 10 nitrogen and oxygen atoms in total. The van der Waals surface area contributed by atoms with Gasteiger partial charge in [-0.15, -0.1) is 0 Å². The van der Waals surface area contributed by atoms with Crippen molar-refractivity contribution in [2.24, 2.45) is 0 Å². The molecule has 0 spiro atoms. The Balaban J connectivity index is 1.17. The lowest BCUT2D eigenvalue weighted by Crippen LogP contribution is -2.40. The number of nitrogens with zero attached hydrogens (tertiary/aromatic N) is 2. The van der Waals surface area contributed by atoms with Crippen LogP contribution in [-0.4, -0.2) is 70.8 Å². The van der Waals surface area contributed by atoms with Gasteiger partial charge >= 0.3 is 0 Å². The lowest BCUT2D eigenvalue weighted by atomic mass is 10.1. The van der Waals surface area contributed by atoms with Gasteiger partial charge in [0.1, 0.15) is 24.4 Å². The summed E-state index contributed by atoms with van der Waals surface area (Å²) in [6.07, 6.45) is 5.00. The van der Waals surface area contributed by atoms with Crippen LogP contribution in [0.4, 0.5) is 5.69 Å². The number of imidazole rings is 1. The molecule has 5 atom stereocenters. The van der Waals surface area contributed by atoms with Gasteiger partial charge < -0.3 is 38.9 Å². The van der Waals surface area contributed by atoms with Crippen LogP contribution in [0.5, 0.6) is 0 Å². The van der Waals surface area contributed by atoms with E-state index in [2.05, 4.69) is 15.6 Å². The Kier molecular flexibility index (Phi) is 7.06. The quantitative estimate of drug-likeness (QED) is 0.506. The molecule has 3 aliphatic heterocycles. The molecular formula is C26H36N4O6.